The summed E-state index contributed by atoms with van der Waals surface area (Å²) < 4.78 is 34.5. The predicted molar refractivity (Wildman–Crippen MR) is 209 cm³/mol. The van der Waals surface area contributed by atoms with Gasteiger partial charge in [-0.25, -0.2) is 13.6 Å². The quantitative estimate of drug-likeness (QED) is 0.269. The molecule has 6 amide bonds. The van der Waals surface area contributed by atoms with E-state index in [0.717, 1.165) is 29.0 Å². The molecule has 5 rings (SSSR count). The van der Waals surface area contributed by atoms with E-state index in [9.17, 15) is 47.4 Å². The van der Waals surface area contributed by atoms with Crippen molar-refractivity contribution >= 4 is 41.4 Å². The summed E-state index contributed by atoms with van der Waals surface area (Å²) in [7, 11) is 1.30. The van der Waals surface area contributed by atoms with Crippen LogP contribution in [0.4, 0.5) is 8.78 Å². The highest BCUT2D eigenvalue weighted by molar-refractivity contribution is 5.98. The first kappa shape index (κ1) is 44.6. The number of fused-ring (bicyclic) bond motifs is 2. The van der Waals surface area contributed by atoms with E-state index in [2.05, 4.69) is 16.0 Å². The molecule has 0 aromatic heterocycles. The SMILES string of the molecule is CCc1ccc(CC(=O)N[C@@H](Cc2cc(F)cc(F)c2)C(=O)N[C@@H]2C(=O)N3CCC[C@H]3C(=O)N(C)[C@@H]([C@@H](C)O)C(=O)N[C@@H](C)C(=O)N3C[C@@H](C)C[C@H]3C(=O)O[C@H]2C)cc1. The molecule has 3 heterocycles. The number of esters is 1. The van der Waals surface area contributed by atoms with Crippen LogP contribution in [0.25, 0.3) is 0 Å². The maximum absolute atomic E-state index is 14.6. The van der Waals surface area contributed by atoms with Gasteiger partial charge in [-0.05, 0) is 81.2 Å². The molecular formula is C42H54F2N6O9. The molecule has 0 unspecified atom stereocenters. The van der Waals surface area contributed by atoms with Crippen LogP contribution in [0.1, 0.15) is 70.6 Å². The fraction of sp³-hybridized carbons (Fsp3) is 0.548. The standard InChI is InChI=1S/C42H54F2N6O9/c1-7-26-10-12-27(13-11-26)19-34(52)46-31(18-28-16-29(43)20-30(44)17-28)37(53)47-35-25(5)59-42(58)33-15-22(2)21-50(33)39(55)23(3)45-38(54)36(24(4)51)48(6)40(56)32-9-8-14-49(32)41(35)57/h10-13,16-17,20,22-25,31-33,35-36,51H,7-9,14-15,18-19,21H2,1-6H3,(H,45,54)(H,46,52)(H,47,53)/t22-,23-,24+,25-,31-,32-,33-,35-,36-/m0/s1. The number of ether oxygens (including phenoxy) is 1. The summed E-state index contributed by atoms with van der Waals surface area (Å²) in [4.78, 5) is 101. The average Bonchev–Trinajstić information content (AvgIpc) is 3.82. The first-order valence-electron chi connectivity index (χ1n) is 20.1. The van der Waals surface area contributed by atoms with E-state index < -0.39 is 108 Å². The third kappa shape index (κ3) is 10.6. The topological polar surface area (TPSA) is 195 Å². The number of hydrogen-bond donors (Lipinski definition) is 4. The van der Waals surface area contributed by atoms with E-state index >= 15 is 0 Å². The molecule has 0 bridgehead atoms. The van der Waals surface area contributed by atoms with Gasteiger partial charge in [0.05, 0.1) is 12.5 Å². The number of likely N-dealkylation sites (N-methyl/N-ethyl adjacent to an activating group) is 1. The van der Waals surface area contributed by atoms with Crippen molar-refractivity contribution in [1.82, 2.24) is 30.7 Å². The van der Waals surface area contributed by atoms with Gasteiger partial charge in [0, 0.05) is 32.6 Å². The van der Waals surface area contributed by atoms with Gasteiger partial charge in [0.2, 0.25) is 35.4 Å². The Balaban J connectivity index is 1.51. The second kappa shape index (κ2) is 19.1. The van der Waals surface area contributed by atoms with Gasteiger partial charge in [0.1, 0.15) is 54.0 Å². The summed E-state index contributed by atoms with van der Waals surface area (Å²) in [5.41, 5.74) is 1.71. The van der Waals surface area contributed by atoms with Gasteiger partial charge < -0.3 is 40.5 Å². The number of carbonyl (C=O) groups excluding carboxylic acids is 7. The van der Waals surface area contributed by atoms with Crippen LogP contribution in [0, 0.1) is 17.6 Å². The van der Waals surface area contributed by atoms with Crippen molar-refractivity contribution in [1.29, 1.82) is 0 Å². The molecule has 320 valence electrons. The molecule has 17 heteroatoms. The lowest BCUT2D eigenvalue weighted by atomic mass is 10.0. The highest BCUT2D eigenvalue weighted by Crippen LogP contribution is 2.27. The van der Waals surface area contributed by atoms with Gasteiger partial charge in [-0.2, -0.15) is 0 Å². The van der Waals surface area contributed by atoms with Gasteiger partial charge in [-0.1, -0.05) is 38.1 Å². The average molecular weight is 825 g/mol. The zero-order valence-corrected chi connectivity index (χ0v) is 34.2. The molecule has 3 aliphatic heterocycles. The van der Waals surface area contributed by atoms with E-state index in [0.29, 0.717) is 18.1 Å². The number of cyclic esters (lactones) is 1. The number of amides is 6. The van der Waals surface area contributed by atoms with Crippen LogP contribution in [-0.4, -0.2) is 130 Å². The van der Waals surface area contributed by atoms with Crippen molar-refractivity contribution < 1.29 is 52.2 Å². The lowest BCUT2D eigenvalue weighted by Crippen LogP contribution is -2.63. The van der Waals surface area contributed by atoms with E-state index in [1.165, 1.54) is 37.6 Å². The number of nitrogens with one attached hydrogen (secondary N) is 3. The molecule has 0 radical (unpaired) electrons. The molecule has 9 atom stereocenters. The molecular weight excluding hydrogens is 770 g/mol. The monoisotopic (exact) mass is 824 g/mol. The lowest BCUT2D eigenvalue weighted by Gasteiger charge is -2.37. The van der Waals surface area contributed by atoms with Gasteiger partial charge >= 0.3 is 5.97 Å². The molecule has 3 aliphatic rings. The smallest absolute Gasteiger partial charge is 0.329 e. The predicted octanol–water partition coefficient (Wildman–Crippen LogP) is 1.17. The number of nitrogens with zero attached hydrogens (tertiary/aromatic N) is 3. The minimum atomic E-state index is -1.67. The van der Waals surface area contributed by atoms with E-state index in [1.807, 2.05) is 26.0 Å². The third-order valence-corrected chi connectivity index (χ3v) is 11.3. The van der Waals surface area contributed by atoms with Gasteiger partial charge in [-0.3, -0.25) is 28.8 Å². The van der Waals surface area contributed by atoms with Crippen LogP contribution >= 0.6 is 0 Å². The summed E-state index contributed by atoms with van der Waals surface area (Å²) in [6.45, 7) is 8.11. The molecule has 2 aromatic rings. The normalized spacial score (nSPS) is 26.8. The highest BCUT2D eigenvalue weighted by Gasteiger charge is 2.47. The second-order valence-corrected chi connectivity index (χ2v) is 16.0. The number of aliphatic hydroxyl groups is 1. The molecule has 0 saturated carbocycles. The number of aliphatic hydroxyl groups excluding tert-OH is 1. The van der Waals surface area contributed by atoms with Crippen molar-refractivity contribution in [2.24, 2.45) is 5.92 Å². The Bertz CT molecular complexity index is 1910. The molecule has 4 N–H and O–H groups in total. The zero-order chi connectivity index (χ0) is 43.3. The van der Waals surface area contributed by atoms with Crippen molar-refractivity contribution in [3.05, 3.63) is 70.8 Å². The lowest BCUT2D eigenvalue weighted by molar-refractivity contribution is -0.163. The Morgan fingerprint density at radius 1 is 0.915 bits per heavy atom. The molecule has 59 heavy (non-hydrogen) atoms. The Labute approximate surface area is 342 Å². The Morgan fingerprint density at radius 3 is 2.19 bits per heavy atom. The van der Waals surface area contributed by atoms with Crippen LogP contribution < -0.4 is 16.0 Å². The van der Waals surface area contributed by atoms with E-state index in [1.54, 1.807) is 12.1 Å². The number of aryl methyl sites for hydroxylation is 1. The van der Waals surface area contributed by atoms with Crippen molar-refractivity contribution in [3.63, 3.8) is 0 Å². The largest absolute Gasteiger partial charge is 0.458 e. The number of rotatable bonds is 9. The first-order valence-corrected chi connectivity index (χ1v) is 20.1. The van der Waals surface area contributed by atoms with Crippen LogP contribution in [0.2, 0.25) is 0 Å². The third-order valence-electron chi connectivity index (χ3n) is 11.3. The summed E-state index contributed by atoms with van der Waals surface area (Å²) in [6, 6.07) is 1.88. The molecule has 0 aliphatic carbocycles. The summed E-state index contributed by atoms with van der Waals surface area (Å²) >= 11 is 0. The van der Waals surface area contributed by atoms with E-state index in [4.69, 9.17) is 4.74 Å². The minimum Gasteiger partial charge on any atom is -0.458 e. The second-order valence-electron chi connectivity index (χ2n) is 16.0. The van der Waals surface area contributed by atoms with Crippen LogP contribution in [-0.2, 0) is 57.6 Å². The first-order chi connectivity index (χ1) is 27.9. The minimum absolute atomic E-state index is 0.0262. The van der Waals surface area contributed by atoms with Crippen molar-refractivity contribution in [2.75, 3.05) is 20.1 Å². The van der Waals surface area contributed by atoms with Gasteiger partial charge in [-0.15, -0.1) is 0 Å². The Hall–Kier alpha value is -5.45. The van der Waals surface area contributed by atoms with Crippen molar-refractivity contribution in [2.45, 2.75) is 122 Å². The number of benzene rings is 2. The molecule has 15 nitrogen and oxygen atoms in total. The Morgan fingerprint density at radius 2 is 1.56 bits per heavy atom. The fourth-order valence-corrected chi connectivity index (χ4v) is 8.14. The number of hydrogen-bond acceptors (Lipinski definition) is 9. The maximum atomic E-state index is 14.6. The zero-order valence-electron chi connectivity index (χ0n) is 34.2. The summed E-state index contributed by atoms with van der Waals surface area (Å²) in [5, 5.41) is 18.5. The van der Waals surface area contributed by atoms with Gasteiger partial charge in [0.25, 0.3) is 0 Å². The maximum Gasteiger partial charge on any atom is 0.329 e. The van der Waals surface area contributed by atoms with Crippen molar-refractivity contribution in [3.8, 4) is 0 Å². The van der Waals surface area contributed by atoms with Gasteiger partial charge in [0.15, 0.2) is 0 Å². The fourth-order valence-electron chi connectivity index (χ4n) is 8.14. The molecule has 3 fully saturated rings. The summed E-state index contributed by atoms with van der Waals surface area (Å²) in [6.07, 6.45) is -1.86. The number of halogens is 2. The molecule has 0 spiro atoms. The van der Waals surface area contributed by atoms with Crippen LogP contribution in [0.15, 0.2) is 42.5 Å². The molecule has 2 aromatic carbocycles. The molecule has 3 saturated heterocycles. The number of carbonyl (C=O) groups is 7. The van der Waals surface area contributed by atoms with Crippen LogP contribution in [0.5, 0.6) is 0 Å². The Kier molecular flexibility index (Phi) is 14.4. The van der Waals surface area contributed by atoms with E-state index in [-0.39, 0.29) is 43.8 Å². The van der Waals surface area contributed by atoms with Crippen LogP contribution in [0.3, 0.4) is 0 Å². The summed E-state index contributed by atoms with van der Waals surface area (Å²) in [5.74, 6) is -7.38. The highest BCUT2D eigenvalue weighted by atomic mass is 19.1.